The molecule has 0 radical (unpaired) electrons. The largest absolute Gasteiger partial charge is 0.322 e. The molecular weight excluding hydrogens is 318 g/mol. The van der Waals surface area contributed by atoms with Crippen molar-refractivity contribution in [2.45, 2.75) is 6.42 Å². The molecule has 126 valence electrons. The predicted octanol–water partition coefficient (Wildman–Crippen LogP) is 5.68. The molecule has 26 heavy (non-hydrogen) atoms. The first-order chi connectivity index (χ1) is 12.8. The van der Waals surface area contributed by atoms with Gasteiger partial charge in [0.25, 0.3) is 5.91 Å². The summed E-state index contributed by atoms with van der Waals surface area (Å²) in [6.07, 6.45) is 0.787. The highest BCUT2D eigenvalue weighted by molar-refractivity contribution is 6.06. The third kappa shape index (κ3) is 3.50. The van der Waals surface area contributed by atoms with Gasteiger partial charge in [-0.05, 0) is 46.5 Å². The van der Waals surface area contributed by atoms with Crippen LogP contribution < -0.4 is 5.32 Å². The Hall–Kier alpha value is -3.39. The Morgan fingerprint density at radius 2 is 1.38 bits per heavy atom. The molecule has 0 aromatic heterocycles. The summed E-state index contributed by atoms with van der Waals surface area (Å²) >= 11 is 0. The van der Waals surface area contributed by atoms with Crippen molar-refractivity contribution >= 4 is 22.4 Å². The minimum Gasteiger partial charge on any atom is -0.322 e. The number of para-hydroxylation sites is 1. The molecule has 0 fully saturated rings. The second-order valence-corrected chi connectivity index (χ2v) is 6.34. The van der Waals surface area contributed by atoms with Gasteiger partial charge in [-0.25, -0.2) is 0 Å². The van der Waals surface area contributed by atoms with Crippen LogP contribution >= 0.6 is 0 Å². The maximum absolute atomic E-state index is 12.8. The summed E-state index contributed by atoms with van der Waals surface area (Å²) in [5.41, 5.74) is 3.85. The van der Waals surface area contributed by atoms with E-state index in [0.29, 0.717) is 5.56 Å². The molecule has 0 aliphatic heterocycles. The Bertz CT molecular complexity index is 1050. The first-order valence-corrected chi connectivity index (χ1v) is 8.71. The predicted molar refractivity (Wildman–Crippen MR) is 108 cm³/mol. The van der Waals surface area contributed by atoms with Crippen LogP contribution in [0.25, 0.3) is 10.8 Å². The number of rotatable bonds is 4. The SMILES string of the molecule is O=C(Nc1ccccc1Cc1ccccc1)c1ccc2ccccc2c1. The fraction of sp³-hybridized carbons (Fsp3) is 0.0417. The highest BCUT2D eigenvalue weighted by atomic mass is 16.1. The van der Waals surface area contributed by atoms with Gasteiger partial charge in [-0.3, -0.25) is 4.79 Å². The van der Waals surface area contributed by atoms with Gasteiger partial charge < -0.3 is 5.32 Å². The fourth-order valence-corrected chi connectivity index (χ4v) is 3.14. The molecule has 1 amide bonds. The summed E-state index contributed by atoms with van der Waals surface area (Å²) in [6, 6.07) is 32.1. The van der Waals surface area contributed by atoms with E-state index in [1.165, 1.54) is 5.56 Å². The van der Waals surface area contributed by atoms with Gasteiger partial charge in [-0.2, -0.15) is 0 Å². The topological polar surface area (TPSA) is 29.1 Å². The average Bonchev–Trinajstić information content (AvgIpc) is 2.70. The lowest BCUT2D eigenvalue weighted by molar-refractivity contribution is 0.102. The number of nitrogens with one attached hydrogen (secondary N) is 1. The first-order valence-electron chi connectivity index (χ1n) is 8.71. The van der Waals surface area contributed by atoms with Gasteiger partial charge in [0.2, 0.25) is 0 Å². The average molecular weight is 337 g/mol. The summed E-state index contributed by atoms with van der Waals surface area (Å²) in [5, 5.41) is 5.27. The van der Waals surface area contributed by atoms with Crippen molar-refractivity contribution in [3.63, 3.8) is 0 Å². The zero-order valence-corrected chi connectivity index (χ0v) is 14.4. The van der Waals surface area contributed by atoms with E-state index >= 15 is 0 Å². The van der Waals surface area contributed by atoms with E-state index in [0.717, 1.165) is 28.4 Å². The maximum Gasteiger partial charge on any atom is 0.255 e. The Kier molecular flexibility index (Phi) is 4.48. The monoisotopic (exact) mass is 337 g/mol. The third-order valence-corrected chi connectivity index (χ3v) is 4.51. The lowest BCUT2D eigenvalue weighted by Crippen LogP contribution is -2.13. The van der Waals surface area contributed by atoms with Gasteiger partial charge in [-0.1, -0.05) is 78.9 Å². The molecular formula is C24H19NO. The van der Waals surface area contributed by atoms with Gasteiger partial charge >= 0.3 is 0 Å². The molecule has 0 aliphatic carbocycles. The van der Waals surface area contributed by atoms with Crippen molar-refractivity contribution in [2.24, 2.45) is 0 Å². The van der Waals surface area contributed by atoms with Crippen molar-refractivity contribution in [1.29, 1.82) is 0 Å². The highest BCUT2D eigenvalue weighted by Crippen LogP contribution is 2.21. The van der Waals surface area contributed by atoms with Crippen LogP contribution in [0.15, 0.2) is 97.1 Å². The van der Waals surface area contributed by atoms with Crippen LogP contribution in [0.1, 0.15) is 21.5 Å². The van der Waals surface area contributed by atoms with Gasteiger partial charge in [0.1, 0.15) is 0 Å². The van der Waals surface area contributed by atoms with E-state index in [1.807, 2.05) is 78.9 Å². The standard InChI is InChI=1S/C24H19NO/c26-24(22-15-14-19-10-4-5-11-20(19)17-22)25-23-13-7-6-12-21(23)16-18-8-2-1-3-9-18/h1-15,17H,16H2,(H,25,26). The van der Waals surface area contributed by atoms with Crippen LogP contribution in [-0.4, -0.2) is 5.91 Å². The second-order valence-electron chi connectivity index (χ2n) is 6.34. The molecule has 0 saturated heterocycles. The van der Waals surface area contributed by atoms with E-state index in [1.54, 1.807) is 0 Å². The molecule has 4 rings (SSSR count). The van der Waals surface area contributed by atoms with E-state index in [-0.39, 0.29) is 5.91 Å². The molecule has 0 bridgehead atoms. The molecule has 4 aromatic carbocycles. The number of benzene rings is 4. The van der Waals surface area contributed by atoms with Gasteiger partial charge in [-0.15, -0.1) is 0 Å². The summed E-state index contributed by atoms with van der Waals surface area (Å²) in [5.74, 6) is -0.0868. The Morgan fingerprint density at radius 3 is 2.23 bits per heavy atom. The van der Waals surface area contributed by atoms with Crippen molar-refractivity contribution in [3.8, 4) is 0 Å². The molecule has 2 heteroatoms. The number of hydrogen-bond donors (Lipinski definition) is 1. The minimum atomic E-state index is -0.0868. The minimum absolute atomic E-state index is 0.0868. The molecule has 1 N–H and O–H groups in total. The van der Waals surface area contributed by atoms with Crippen LogP contribution in [0.5, 0.6) is 0 Å². The van der Waals surface area contributed by atoms with E-state index in [9.17, 15) is 4.79 Å². The summed E-state index contributed by atoms with van der Waals surface area (Å²) in [6.45, 7) is 0. The lowest BCUT2D eigenvalue weighted by atomic mass is 10.0. The van der Waals surface area contributed by atoms with Crippen LogP contribution in [0.3, 0.4) is 0 Å². The third-order valence-electron chi connectivity index (χ3n) is 4.51. The van der Waals surface area contributed by atoms with Gasteiger partial charge in [0.05, 0.1) is 0 Å². The number of fused-ring (bicyclic) bond motifs is 1. The van der Waals surface area contributed by atoms with Crippen molar-refractivity contribution < 1.29 is 4.79 Å². The van der Waals surface area contributed by atoms with Crippen molar-refractivity contribution in [3.05, 3.63) is 114 Å². The van der Waals surface area contributed by atoms with Crippen LogP contribution in [0.4, 0.5) is 5.69 Å². The molecule has 0 unspecified atom stereocenters. The normalized spacial score (nSPS) is 10.6. The molecule has 4 aromatic rings. The van der Waals surface area contributed by atoms with E-state index < -0.39 is 0 Å². The molecule has 0 aliphatic rings. The second kappa shape index (κ2) is 7.24. The number of carbonyl (C=O) groups excluding carboxylic acids is 1. The summed E-state index contributed by atoms with van der Waals surface area (Å²) < 4.78 is 0. The summed E-state index contributed by atoms with van der Waals surface area (Å²) in [4.78, 5) is 12.8. The quantitative estimate of drug-likeness (QED) is 0.510. The van der Waals surface area contributed by atoms with Gasteiger partial charge in [0, 0.05) is 11.3 Å². The molecule has 0 atom stereocenters. The Labute approximate surface area is 153 Å². The summed E-state index contributed by atoms with van der Waals surface area (Å²) in [7, 11) is 0. The first kappa shape index (κ1) is 16.1. The smallest absolute Gasteiger partial charge is 0.255 e. The zero-order valence-electron chi connectivity index (χ0n) is 14.4. The van der Waals surface area contributed by atoms with Crippen molar-refractivity contribution in [1.82, 2.24) is 0 Å². The molecule has 2 nitrogen and oxygen atoms in total. The number of carbonyl (C=O) groups is 1. The Balaban J connectivity index is 1.59. The lowest BCUT2D eigenvalue weighted by Gasteiger charge is -2.12. The molecule has 0 saturated carbocycles. The van der Waals surface area contributed by atoms with Crippen LogP contribution in [-0.2, 0) is 6.42 Å². The Morgan fingerprint density at radius 1 is 0.692 bits per heavy atom. The zero-order chi connectivity index (χ0) is 17.8. The van der Waals surface area contributed by atoms with E-state index in [4.69, 9.17) is 0 Å². The van der Waals surface area contributed by atoms with Crippen LogP contribution in [0.2, 0.25) is 0 Å². The highest BCUT2D eigenvalue weighted by Gasteiger charge is 2.10. The van der Waals surface area contributed by atoms with Crippen molar-refractivity contribution in [2.75, 3.05) is 5.32 Å². The maximum atomic E-state index is 12.8. The molecule has 0 heterocycles. The number of hydrogen-bond acceptors (Lipinski definition) is 1. The van der Waals surface area contributed by atoms with Gasteiger partial charge in [0.15, 0.2) is 0 Å². The number of amides is 1. The molecule has 0 spiro atoms. The number of anilines is 1. The van der Waals surface area contributed by atoms with E-state index in [2.05, 4.69) is 23.5 Å². The van der Waals surface area contributed by atoms with Crippen LogP contribution in [0, 0.1) is 0 Å². The fourth-order valence-electron chi connectivity index (χ4n) is 3.14.